The van der Waals surface area contributed by atoms with E-state index >= 15 is 0 Å². The largest absolute Gasteiger partial charge is 0.410 e. The molecular formula is C20H27F3N6O. The predicted octanol–water partition coefficient (Wildman–Crippen LogP) is 4.34. The first-order chi connectivity index (χ1) is 14.2. The average molecular weight is 424 g/mol. The lowest BCUT2D eigenvalue weighted by molar-refractivity contribution is -0.173. The first kappa shape index (κ1) is 20.7. The molecule has 1 unspecified atom stereocenters. The lowest BCUT2D eigenvalue weighted by Crippen LogP contribution is -2.39. The second kappa shape index (κ2) is 7.63. The number of likely N-dealkylation sites (tertiary alicyclic amines) is 1. The fourth-order valence-electron chi connectivity index (χ4n) is 4.31. The van der Waals surface area contributed by atoms with E-state index in [0.717, 1.165) is 11.1 Å². The van der Waals surface area contributed by atoms with E-state index in [1.807, 2.05) is 20.8 Å². The zero-order valence-electron chi connectivity index (χ0n) is 17.4. The molecule has 0 saturated carbocycles. The summed E-state index contributed by atoms with van der Waals surface area (Å²) in [5, 5.41) is 11.7. The first-order valence-corrected chi connectivity index (χ1v) is 10.5. The van der Waals surface area contributed by atoms with Crippen LogP contribution in [0.3, 0.4) is 0 Å². The number of aromatic nitrogens is 4. The van der Waals surface area contributed by atoms with E-state index < -0.39 is 12.2 Å². The molecule has 1 saturated heterocycles. The monoisotopic (exact) mass is 424 g/mol. The molecule has 2 aromatic rings. The van der Waals surface area contributed by atoms with Gasteiger partial charge in [0.1, 0.15) is 5.82 Å². The average Bonchev–Trinajstić information content (AvgIpc) is 3.43. The van der Waals surface area contributed by atoms with Crippen LogP contribution in [0.1, 0.15) is 80.6 Å². The van der Waals surface area contributed by atoms with Gasteiger partial charge in [0.25, 0.3) is 5.91 Å². The molecule has 2 aromatic heterocycles. The fraction of sp³-hybridized carbons (Fsp3) is 0.650. The number of halogens is 3. The van der Waals surface area contributed by atoms with Gasteiger partial charge in [-0.2, -0.15) is 23.4 Å². The highest BCUT2D eigenvalue weighted by atomic mass is 19.4. The Morgan fingerprint density at radius 1 is 1.37 bits per heavy atom. The van der Waals surface area contributed by atoms with Gasteiger partial charge in [-0.3, -0.25) is 9.48 Å². The molecular weight excluding hydrogens is 397 g/mol. The van der Waals surface area contributed by atoms with Crippen LogP contribution in [-0.2, 0) is 0 Å². The molecule has 7 nitrogen and oxygen atoms in total. The van der Waals surface area contributed by atoms with Crippen molar-refractivity contribution in [2.45, 2.75) is 76.8 Å². The number of anilines is 1. The van der Waals surface area contributed by atoms with E-state index in [2.05, 4.69) is 15.5 Å². The minimum Gasteiger partial charge on any atom is -0.367 e. The van der Waals surface area contributed by atoms with Gasteiger partial charge in [0.2, 0.25) is 0 Å². The number of carbonyl (C=O) groups excluding carboxylic acids is 1. The summed E-state index contributed by atoms with van der Waals surface area (Å²) in [7, 11) is 0. The van der Waals surface area contributed by atoms with Crippen molar-refractivity contribution in [3.8, 4) is 0 Å². The summed E-state index contributed by atoms with van der Waals surface area (Å²) in [5.74, 6) is 0.208. The number of fused-ring (bicyclic) bond motifs is 1. The number of nitrogens with one attached hydrogen (secondary N) is 1. The Morgan fingerprint density at radius 3 is 2.77 bits per heavy atom. The topological polar surface area (TPSA) is 68.0 Å². The second-order valence-corrected chi connectivity index (χ2v) is 8.40. The van der Waals surface area contributed by atoms with Crippen LogP contribution < -0.4 is 5.32 Å². The van der Waals surface area contributed by atoms with Gasteiger partial charge < -0.3 is 10.2 Å². The van der Waals surface area contributed by atoms with Crippen molar-refractivity contribution in [1.82, 2.24) is 24.5 Å². The SMILES string of the molecule is CC[C@@H]1C[C@H](C(F)(F)F)n2nc(C3CCCN3C(=O)c3cnn(C(C)C)c3)cc2N1. The van der Waals surface area contributed by atoms with Crippen LogP contribution in [0.15, 0.2) is 18.5 Å². The van der Waals surface area contributed by atoms with Crippen LogP contribution in [0.4, 0.5) is 19.0 Å². The minimum atomic E-state index is -4.37. The Balaban J connectivity index is 1.62. The zero-order valence-corrected chi connectivity index (χ0v) is 17.4. The highest BCUT2D eigenvalue weighted by Gasteiger charge is 2.46. The fourth-order valence-corrected chi connectivity index (χ4v) is 4.31. The Morgan fingerprint density at radius 2 is 2.13 bits per heavy atom. The predicted molar refractivity (Wildman–Crippen MR) is 105 cm³/mol. The van der Waals surface area contributed by atoms with E-state index in [0.29, 0.717) is 36.5 Å². The Kier molecular flexibility index (Phi) is 5.27. The van der Waals surface area contributed by atoms with Crippen LogP contribution in [-0.4, -0.2) is 49.1 Å². The Hall–Kier alpha value is -2.52. The van der Waals surface area contributed by atoms with Crippen molar-refractivity contribution in [2.24, 2.45) is 0 Å². The number of nitrogens with zero attached hydrogens (tertiary/aromatic N) is 5. The summed E-state index contributed by atoms with van der Waals surface area (Å²) in [4.78, 5) is 14.8. The summed E-state index contributed by atoms with van der Waals surface area (Å²) in [6, 6.07) is -0.431. The van der Waals surface area contributed by atoms with Gasteiger partial charge in [-0.1, -0.05) is 6.92 Å². The molecule has 1 N–H and O–H groups in total. The highest BCUT2D eigenvalue weighted by Crippen LogP contribution is 2.42. The molecule has 3 atom stereocenters. The van der Waals surface area contributed by atoms with Crippen LogP contribution in [0.25, 0.3) is 0 Å². The molecule has 4 heterocycles. The normalized spacial score (nSPS) is 24.2. The quantitative estimate of drug-likeness (QED) is 0.793. The summed E-state index contributed by atoms with van der Waals surface area (Å²) in [6.07, 6.45) is 0.899. The van der Waals surface area contributed by atoms with Gasteiger partial charge in [0.05, 0.1) is 23.5 Å². The lowest BCUT2D eigenvalue weighted by Gasteiger charge is -2.32. The van der Waals surface area contributed by atoms with Gasteiger partial charge in [0.15, 0.2) is 6.04 Å². The van der Waals surface area contributed by atoms with Crippen molar-refractivity contribution >= 4 is 11.7 Å². The summed E-state index contributed by atoms with van der Waals surface area (Å²) in [5.41, 5.74) is 0.988. The van der Waals surface area contributed by atoms with Gasteiger partial charge in [-0.15, -0.1) is 0 Å². The Bertz CT molecular complexity index is 918. The van der Waals surface area contributed by atoms with Crippen molar-refractivity contribution in [3.05, 3.63) is 29.7 Å². The molecule has 1 fully saturated rings. The van der Waals surface area contributed by atoms with Crippen LogP contribution in [0.5, 0.6) is 0 Å². The molecule has 164 valence electrons. The third-order valence-corrected chi connectivity index (χ3v) is 6.01. The number of amides is 1. The van der Waals surface area contributed by atoms with E-state index in [1.54, 1.807) is 28.0 Å². The van der Waals surface area contributed by atoms with Crippen molar-refractivity contribution < 1.29 is 18.0 Å². The van der Waals surface area contributed by atoms with E-state index in [9.17, 15) is 18.0 Å². The maximum Gasteiger partial charge on any atom is 0.410 e. The number of hydrogen-bond acceptors (Lipinski definition) is 4. The molecule has 2 aliphatic rings. The third-order valence-electron chi connectivity index (χ3n) is 6.01. The summed E-state index contributed by atoms with van der Waals surface area (Å²) in [6.45, 7) is 6.37. The molecule has 0 aliphatic carbocycles. The van der Waals surface area contributed by atoms with Gasteiger partial charge >= 0.3 is 6.18 Å². The number of carbonyl (C=O) groups is 1. The maximum atomic E-state index is 13.6. The molecule has 0 bridgehead atoms. The van der Waals surface area contributed by atoms with E-state index in [-0.39, 0.29) is 30.5 Å². The summed E-state index contributed by atoms with van der Waals surface area (Å²) < 4.78 is 43.7. The standard InChI is InChI=1S/C20H27F3N6O/c1-4-14-8-17(20(21,22)23)29-18(25-14)9-15(26-29)16-6-5-7-27(16)19(30)13-10-24-28(11-13)12(2)3/h9-12,14,16-17,25H,4-8H2,1-3H3/t14-,16?,17-/m1/s1. The lowest BCUT2D eigenvalue weighted by atomic mass is 10.0. The third kappa shape index (κ3) is 3.67. The van der Waals surface area contributed by atoms with Crippen molar-refractivity contribution in [2.75, 3.05) is 11.9 Å². The first-order valence-electron chi connectivity index (χ1n) is 10.5. The smallest absolute Gasteiger partial charge is 0.367 e. The number of hydrogen-bond donors (Lipinski definition) is 1. The zero-order chi connectivity index (χ0) is 21.6. The molecule has 30 heavy (non-hydrogen) atoms. The molecule has 0 spiro atoms. The highest BCUT2D eigenvalue weighted by molar-refractivity contribution is 5.94. The molecule has 0 aromatic carbocycles. The maximum absolute atomic E-state index is 13.6. The van der Waals surface area contributed by atoms with Crippen LogP contribution >= 0.6 is 0 Å². The van der Waals surface area contributed by atoms with Crippen LogP contribution in [0, 0.1) is 0 Å². The minimum absolute atomic E-state index is 0.0458. The molecule has 4 rings (SSSR count). The van der Waals surface area contributed by atoms with Gasteiger partial charge in [-0.05, 0) is 39.5 Å². The number of alkyl halides is 3. The molecule has 10 heteroatoms. The van der Waals surface area contributed by atoms with Crippen molar-refractivity contribution in [3.63, 3.8) is 0 Å². The number of rotatable bonds is 4. The van der Waals surface area contributed by atoms with E-state index in [1.165, 1.54) is 0 Å². The van der Waals surface area contributed by atoms with Gasteiger partial charge in [0, 0.05) is 30.9 Å². The van der Waals surface area contributed by atoms with Crippen LogP contribution in [0.2, 0.25) is 0 Å². The van der Waals surface area contributed by atoms with Gasteiger partial charge in [-0.25, -0.2) is 4.68 Å². The molecule has 0 radical (unpaired) electrons. The van der Waals surface area contributed by atoms with Crippen molar-refractivity contribution in [1.29, 1.82) is 0 Å². The summed E-state index contributed by atoms with van der Waals surface area (Å²) >= 11 is 0. The van der Waals surface area contributed by atoms with E-state index in [4.69, 9.17) is 0 Å². The molecule has 1 amide bonds. The second-order valence-electron chi connectivity index (χ2n) is 8.40. The Labute approximate surface area is 173 Å². The molecule has 2 aliphatic heterocycles.